The fourth-order valence-corrected chi connectivity index (χ4v) is 3.37. The van der Waals surface area contributed by atoms with Gasteiger partial charge in [-0.2, -0.15) is 10.2 Å². The molecule has 0 radical (unpaired) electrons. The van der Waals surface area contributed by atoms with E-state index in [-0.39, 0.29) is 17.9 Å². The lowest BCUT2D eigenvalue weighted by Crippen LogP contribution is -2.17. The zero-order chi connectivity index (χ0) is 21.3. The monoisotopic (exact) mass is 428 g/mol. The molecule has 1 amide bonds. The van der Waals surface area contributed by atoms with Crippen molar-refractivity contribution >= 4 is 34.4 Å². The molecule has 30 heavy (non-hydrogen) atoms. The third-order valence-corrected chi connectivity index (χ3v) is 4.88. The Labute approximate surface area is 175 Å². The van der Waals surface area contributed by atoms with Gasteiger partial charge in [-0.3, -0.25) is 19.0 Å². The van der Waals surface area contributed by atoms with Crippen LogP contribution in [0, 0.1) is 5.82 Å². The zero-order valence-electron chi connectivity index (χ0n) is 16.0. The lowest BCUT2D eigenvalue weighted by atomic mass is 10.2. The van der Waals surface area contributed by atoms with Crippen LogP contribution in [0.1, 0.15) is 29.3 Å². The molecule has 154 valence electrons. The van der Waals surface area contributed by atoms with Crippen molar-refractivity contribution in [3.8, 4) is 0 Å². The molecular formula is C20H18ClFN6O2. The number of nitrogens with zero attached hydrogens (tertiary/aromatic N) is 4. The van der Waals surface area contributed by atoms with E-state index in [1.807, 2.05) is 6.92 Å². The van der Waals surface area contributed by atoms with Crippen molar-refractivity contribution in [3.63, 3.8) is 0 Å². The molecule has 0 bridgehead atoms. The molecule has 0 aliphatic carbocycles. The van der Waals surface area contributed by atoms with Crippen molar-refractivity contribution in [2.24, 2.45) is 0 Å². The van der Waals surface area contributed by atoms with E-state index in [1.165, 1.54) is 22.9 Å². The standard InChI is InChI=1S/C20H18ClFN6O2/c1-2-7-27-10-13-12(9-18(29)24-19(13)26-27)20(30)23-17-6-8-28(25-17)11-14-15(21)4-3-5-16(14)22/h3-6,8-10H,2,7,11H2,1H3,(H,23,25,30)(H,24,26,29). The summed E-state index contributed by atoms with van der Waals surface area (Å²) in [5.74, 6) is -0.656. The fraction of sp³-hybridized carbons (Fsp3) is 0.200. The van der Waals surface area contributed by atoms with Gasteiger partial charge in [0.25, 0.3) is 5.91 Å². The van der Waals surface area contributed by atoms with Crippen LogP contribution in [0.25, 0.3) is 11.0 Å². The molecule has 3 aromatic heterocycles. The number of hydrogen-bond donors (Lipinski definition) is 2. The lowest BCUT2D eigenvalue weighted by molar-refractivity contribution is 0.102. The quantitative estimate of drug-likeness (QED) is 0.491. The maximum absolute atomic E-state index is 14.0. The summed E-state index contributed by atoms with van der Waals surface area (Å²) in [6.07, 6.45) is 4.19. The molecule has 0 aliphatic rings. The lowest BCUT2D eigenvalue weighted by Gasteiger charge is -2.06. The van der Waals surface area contributed by atoms with Crippen LogP contribution in [-0.2, 0) is 13.1 Å². The highest BCUT2D eigenvalue weighted by Gasteiger charge is 2.16. The van der Waals surface area contributed by atoms with Crippen molar-refractivity contribution in [1.29, 1.82) is 0 Å². The number of carbonyl (C=O) groups is 1. The van der Waals surface area contributed by atoms with E-state index >= 15 is 0 Å². The minimum atomic E-state index is -0.490. The Bertz CT molecular complexity index is 1270. The summed E-state index contributed by atoms with van der Waals surface area (Å²) >= 11 is 6.05. The van der Waals surface area contributed by atoms with E-state index in [4.69, 9.17) is 11.6 Å². The first-order valence-corrected chi connectivity index (χ1v) is 9.70. The Hall–Kier alpha value is -3.46. The van der Waals surface area contributed by atoms with Gasteiger partial charge in [0, 0.05) is 47.0 Å². The average molecular weight is 429 g/mol. The third-order valence-electron chi connectivity index (χ3n) is 4.53. The van der Waals surface area contributed by atoms with Gasteiger partial charge in [-0.15, -0.1) is 0 Å². The van der Waals surface area contributed by atoms with E-state index in [2.05, 4.69) is 20.5 Å². The van der Waals surface area contributed by atoms with Crippen molar-refractivity contribution in [2.75, 3.05) is 5.32 Å². The normalized spacial score (nSPS) is 11.2. The number of carbonyl (C=O) groups excluding carboxylic acids is 1. The van der Waals surface area contributed by atoms with E-state index in [0.717, 1.165) is 6.42 Å². The number of pyridine rings is 1. The van der Waals surface area contributed by atoms with Gasteiger partial charge in [-0.05, 0) is 18.6 Å². The van der Waals surface area contributed by atoms with Gasteiger partial charge in [0.05, 0.1) is 12.1 Å². The molecule has 4 rings (SSSR count). The first kappa shape index (κ1) is 19.8. The number of benzene rings is 1. The van der Waals surface area contributed by atoms with Gasteiger partial charge in [-0.1, -0.05) is 24.6 Å². The van der Waals surface area contributed by atoms with Crippen LogP contribution < -0.4 is 10.9 Å². The summed E-state index contributed by atoms with van der Waals surface area (Å²) in [7, 11) is 0. The first-order chi connectivity index (χ1) is 14.4. The summed E-state index contributed by atoms with van der Waals surface area (Å²) in [5, 5.41) is 12.0. The first-order valence-electron chi connectivity index (χ1n) is 9.32. The second-order valence-electron chi connectivity index (χ2n) is 6.75. The SMILES string of the molecule is CCCn1cc2c(C(=O)Nc3ccn(Cc4c(F)cccc4Cl)n3)cc(=O)[nH]c2n1. The maximum Gasteiger partial charge on any atom is 0.257 e. The van der Waals surface area contributed by atoms with E-state index in [9.17, 15) is 14.0 Å². The second-order valence-corrected chi connectivity index (χ2v) is 7.16. The molecule has 0 saturated heterocycles. The number of rotatable bonds is 6. The van der Waals surface area contributed by atoms with Gasteiger partial charge in [0.1, 0.15) is 5.82 Å². The second kappa shape index (κ2) is 8.11. The van der Waals surface area contributed by atoms with Gasteiger partial charge >= 0.3 is 0 Å². The van der Waals surface area contributed by atoms with Crippen molar-refractivity contribution in [1.82, 2.24) is 24.5 Å². The van der Waals surface area contributed by atoms with Crippen LogP contribution in [0.15, 0.2) is 47.5 Å². The van der Waals surface area contributed by atoms with Gasteiger partial charge in [0.2, 0.25) is 5.56 Å². The number of H-pyrrole nitrogens is 1. The highest BCUT2D eigenvalue weighted by molar-refractivity contribution is 6.31. The molecule has 0 aliphatic heterocycles. The summed E-state index contributed by atoms with van der Waals surface area (Å²) < 4.78 is 17.1. The summed E-state index contributed by atoms with van der Waals surface area (Å²) in [6, 6.07) is 7.26. The Morgan fingerprint density at radius 3 is 2.87 bits per heavy atom. The van der Waals surface area contributed by atoms with Crippen LogP contribution in [0.3, 0.4) is 0 Å². The van der Waals surface area contributed by atoms with Gasteiger partial charge in [0.15, 0.2) is 11.5 Å². The maximum atomic E-state index is 14.0. The topological polar surface area (TPSA) is 97.6 Å². The highest BCUT2D eigenvalue weighted by atomic mass is 35.5. The van der Waals surface area contributed by atoms with E-state index in [1.54, 1.807) is 29.2 Å². The number of aromatic nitrogens is 5. The largest absolute Gasteiger partial charge is 0.305 e. The number of halogens is 2. The Morgan fingerprint density at radius 2 is 2.10 bits per heavy atom. The van der Waals surface area contributed by atoms with Crippen LogP contribution in [0.4, 0.5) is 10.2 Å². The molecule has 4 aromatic rings. The Morgan fingerprint density at radius 1 is 1.27 bits per heavy atom. The van der Waals surface area contributed by atoms with Crippen molar-refractivity contribution in [2.45, 2.75) is 26.4 Å². The molecule has 0 fully saturated rings. The highest BCUT2D eigenvalue weighted by Crippen LogP contribution is 2.21. The van der Waals surface area contributed by atoms with Gasteiger partial charge < -0.3 is 10.3 Å². The van der Waals surface area contributed by atoms with Crippen LogP contribution >= 0.6 is 11.6 Å². The number of nitrogens with one attached hydrogen (secondary N) is 2. The molecule has 10 heteroatoms. The number of fused-ring (bicyclic) bond motifs is 1. The minimum absolute atomic E-state index is 0.112. The van der Waals surface area contributed by atoms with Gasteiger partial charge in [-0.25, -0.2) is 4.39 Å². The average Bonchev–Trinajstić information content (AvgIpc) is 3.30. The zero-order valence-corrected chi connectivity index (χ0v) is 16.8. The van der Waals surface area contributed by atoms with Crippen LogP contribution in [-0.4, -0.2) is 30.5 Å². The van der Waals surface area contributed by atoms with Crippen molar-refractivity contribution in [3.05, 3.63) is 75.0 Å². The van der Waals surface area contributed by atoms with E-state index < -0.39 is 17.3 Å². The Kier molecular flexibility index (Phi) is 5.37. The molecule has 2 N–H and O–H groups in total. The summed E-state index contributed by atoms with van der Waals surface area (Å²) in [5.41, 5.74) is 0.428. The fourth-order valence-electron chi connectivity index (χ4n) is 3.15. The molecular weight excluding hydrogens is 411 g/mol. The number of amides is 1. The number of aryl methyl sites for hydroxylation is 1. The molecule has 8 nitrogen and oxygen atoms in total. The predicted octanol–water partition coefficient (Wildman–Crippen LogP) is 3.42. The number of aromatic amines is 1. The molecule has 0 unspecified atom stereocenters. The van der Waals surface area contributed by atoms with Crippen LogP contribution in [0.5, 0.6) is 0 Å². The predicted molar refractivity (Wildman–Crippen MR) is 111 cm³/mol. The minimum Gasteiger partial charge on any atom is -0.305 e. The molecule has 3 heterocycles. The molecule has 0 atom stereocenters. The molecule has 0 spiro atoms. The van der Waals surface area contributed by atoms with E-state index in [0.29, 0.717) is 28.2 Å². The third kappa shape index (κ3) is 3.97. The smallest absolute Gasteiger partial charge is 0.257 e. The molecule has 0 saturated carbocycles. The number of hydrogen-bond acceptors (Lipinski definition) is 4. The Balaban J connectivity index is 1.57. The van der Waals surface area contributed by atoms with Crippen molar-refractivity contribution < 1.29 is 9.18 Å². The number of anilines is 1. The summed E-state index contributed by atoms with van der Waals surface area (Å²) in [4.78, 5) is 27.4. The summed E-state index contributed by atoms with van der Waals surface area (Å²) in [6.45, 7) is 2.79. The molecule has 1 aromatic carbocycles. The van der Waals surface area contributed by atoms with Crippen LogP contribution in [0.2, 0.25) is 5.02 Å².